The number of para-hydroxylation sites is 1. The fourth-order valence-electron chi connectivity index (χ4n) is 1.90. The zero-order chi connectivity index (χ0) is 15.3. The maximum atomic E-state index is 5.82. The number of benzene rings is 1. The third-order valence-corrected chi connectivity index (χ3v) is 2.91. The molecule has 22 heavy (non-hydrogen) atoms. The summed E-state index contributed by atoms with van der Waals surface area (Å²) in [7, 11) is 0. The Morgan fingerprint density at radius 3 is 2.73 bits per heavy atom. The van der Waals surface area contributed by atoms with Crippen LogP contribution in [0.1, 0.15) is 25.8 Å². The third kappa shape index (κ3) is 9.09. The van der Waals surface area contributed by atoms with Gasteiger partial charge in [-0.2, -0.15) is 0 Å². The molecule has 0 aliphatic carbocycles. The fraction of sp³-hybridized carbons (Fsp3) is 0.562. The second-order valence-corrected chi connectivity index (χ2v) is 4.53. The summed E-state index contributed by atoms with van der Waals surface area (Å²) in [6.07, 6.45) is 1.74. The first-order chi connectivity index (χ1) is 10.3. The average Bonchev–Trinajstić information content (AvgIpc) is 2.49. The van der Waals surface area contributed by atoms with E-state index < -0.39 is 0 Å². The Labute approximate surface area is 150 Å². The van der Waals surface area contributed by atoms with Crippen LogP contribution in [-0.2, 0) is 11.2 Å². The van der Waals surface area contributed by atoms with E-state index in [4.69, 9.17) is 15.2 Å². The molecule has 3 N–H and O–H groups in total. The molecule has 1 rings (SSSR count). The summed E-state index contributed by atoms with van der Waals surface area (Å²) in [6.45, 7) is 7.56. The SMILES string of the molecule is CCOCCCN=C(N)NCCc1ccccc1OCC.I. The van der Waals surface area contributed by atoms with Crippen molar-refractivity contribution in [3.63, 3.8) is 0 Å². The molecule has 0 aliphatic rings. The normalized spacial score (nSPS) is 10.9. The molecule has 126 valence electrons. The summed E-state index contributed by atoms with van der Waals surface area (Å²) in [6, 6.07) is 8.06. The van der Waals surface area contributed by atoms with Crippen LogP contribution in [0.2, 0.25) is 0 Å². The number of nitrogens with zero attached hydrogens (tertiary/aromatic N) is 1. The lowest BCUT2D eigenvalue weighted by atomic mass is 10.1. The van der Waals surface area contributed by atoms with Crippen LogP contribution in [0, 0.1) is 0 Å². The number of hydrogen-bond donors (Lipinski definition) is 2. The van der Waals surface area contributed by atoms with Gasteiger partial charge in [0.2, 0.25) is 0 Å². The molecule has 0 fully saturated rings. The van der Waals surface area contributed by atoms with E-state index in [1.165, 1.54) is 5.56 Å². The Morgan fingerprint density at radius 1 is 1.23 bits per heavy atom. The molecule has 0 amide bonds. The van der Waals surface area contributed by atoms with Crippen molar-refractivity contribution in [1.29, 1.82) is 0 Å². The Hall–Kier alpha value is -1.02. The van der Waals surface area contributed by atoms with E-state index in [1.807, 2.05) is 32.0 Å². The van der Waals surface area contributed by atoms with Crippen LogP contribution in [0.5, 0.6) is 5.75 Å². The quantitative estimate of drug-likeness (QED) is 0.264. The van der Waals surface area contributed by atoms with Crippen LogP contribution < -0.4 is 15.8 Å². The third-order valence-electron chi connectivity index (χ3n) is 2.91. The van der Waals surface area contributed by atoms with Crippen LogP contribution in [-0.4, -0.2) is 38.9 Å². The van der Waals surface area contributed by atoms with E-state index in [-0.39, 0.29) is 24.0 Å². The van der Waals surface area contributed by atoms with Crippen LogP contribution in [0.15, 0.2) is 29.3 Å². The van der Waals surface area contributed by atoms with Gasteiger partial charge in [0.25, 0.3) is 0 Å². The van der Waals surface area contributed by atoms with Crippen molar-refractivity contribution in [3.8, 4) is 5.75 Å². The number of guanidine groups is 1. The summed E-state index contributed by atoms with van der Waals surface area (Å²) < 4.78 is 10.8. The predicted molar refractivity (Wildman–Crippen MR) is 102 cm³/mol. The lowest BCUT2D eigenvalue weighted by Gasteiger charge is -2.10. The van der Waals surface area contributed by atoms with Crippen molar-refractivity contribution < 1.29 is 9.47 Å². The topological polar surface area (TPSA) is 68.9 Å². The second-order valence-electron chi connectivity index (χ2n) is 4.53. The van der Waals surface area contributed by atoms with E-state index in [1.54, 1.807) is 0 Å². The van der Waals surface area contributed by atoms with Crippen LogP contribution in [0.4, 0.5) is 0 Å². The van der Waals surface area contributed by atoms with Crippen molar-refractivity contribution in [2.45, 2.75) is 26.7 Å². The van der Waals surface area contributed by atoms with E-state index in [0.29, 0.717) is 19.1 Å². The fourth-order valence-corrected chi connectivity index (χ4v) is 1.90. The summed E-state index contributed by atoms with van der Waals surface area (Å²) in [5.41, 5.74) is 6.99. The Morgan fingerprint density at radius 2 is 2.00 bits per heavy atom. The summed E-state index contributed by atoms with van der Waals surface area (Å²) in [4.78, 5) is 4.26. The predicted octanol–water partition coefficient (Wildman–Crippen LogP) is 2.58. The van der Waals surface area contributed by atoms with Crippen LogP contribution >= 0.6 is 24.0 Å². The Balaban J connectivity index is 0.00000441. The van der Waals surface area contributed by atoms with Gasteiger partial charge in [0.1, 0.15) is 5.75 Å². The molecule has 0 bridgehead atoms. The van der Waals surface area contributed by atoms with Crippen molar-refractivity contribution in [2.75, 3.05) is 32.9 Å². The van der Waals surface area contributed by atoms with Gasteiger partial charge in [-0.25, -0.2) is 0 Å². The van der Waals surface area contributed by atoms with Gasteiger partial charge < -0.3 is 20.5 Å². The van der Waals surface area contributed by atoms with Gasteiger partial charge >= 0.3 is 0 Å². The first-order valence-electron chi connectivity index (χ1n) is 7.60. The molecule has 0 saturated carbocycles. The highest BCUT2D eigenvalue weighted by atomic mass is 127. The number of nitrogens with two attached hydrogens (primary N) is 1. The summed E-state index contributed by atoms with van der Waals surface area (Å²) in [5.74, 6) is 1.43. The van der Waals surface area contributed by atoms with E-state index in [9.17, 15) is 0 Å². The number of rotatable bonds is 10. The molecule has 0 aliphatic heterocycles. The number of ether oxygens (including phenoxy) is 2. The molecular formula is C16H28IN3O2. The van der Waals surface area contributed by atoms with E-state index in [2.05, 4.69) is 16.4 Å². The Kier molecular flexibility index (Phi) is 13.0. The van der Waals surface area contributed by atoms with Gasteiger partial charge in [-0.1, -0.05) is 18.2 Å². The molecule has 6 heteroatoms. The molecular weight excluding hydrogens is 393 g/mol. The van der Waals surface area contributed by atoms with Crippen molar-refractivity contribution in [3.05, 3.63) is 29.8 Å². The molecule has 0 spiro atoms. The van der Waals surface area contributed by atoms with Gasteiger partial charge in [-0.15, -0.1) is 24.0 Å². The monoisotopic (exact) mass is 421 g/mol. The molecule has 0 radical (unpaired) electrons. The second kappa shape index (κ2) is 13.6. The summed E-state index contributed by atoms with van der Waals surface area (Å²) >= 11 is 0. The van der Waals surface area contributed by atoms with E-state index >= 15 is 0 Å². The van der Waals surface area contributed by atoms with Crippen molar-refractivity contribution >= 4 is 29.9 Å². The molecule has 1 aromatic carbocycles. The zero-order valence-electron chi connectivity index (χ0n) is 13.5. The molecule has 0 aromatic heterocycles. The minimum absolute atomic E-state index is 0. The summed E-state index contributed by atoms with van der Waals surface area (Å²) in [5, 5.41) is 3.12. The van der Waals surface area contributed by atoms with E-state index in [0.717, 1.165) is 38.3 Å². The number of halogens is 1. The number of nitrogens with one attached hydrogen (secondary N) is 1. The first-order valence-corrected chi connectivity index (χ1v) is 7.60. The van der Waals surface area contributed by atoms with Gasteiger partial charge in [-0.05, 0) is 38.3 Å². The lowest BCUT2D eigenvalue weighted by molar-refractivity contribution is 0.146. The standard InChI is InChI=1S/C16H27N3O2.HI/c1-3-20-13-7-11-18-16(17)19-12-10-14-8-5-6-9-15(14)21-4-2;/h5-6,8-9H,3-4,7,10-13H2,1-2H3,(H3,17,18,19);1H. The maximum Gasteiger partial charge on any atom is 0.188 e. The van der Waals surface area contributed by atoms with Crippen molar-refractivity contribution in [2.24, 2.45) is 10.7 Å². The van der Waals surface area contributed by atoms with Gasteiger partial charge in [0.05, 0.1) is 6.61 Å². The minimum atomic E-state index is 0. The largest absolute Gasteiger partial charge is 0.494 e. The Bertz CT molecular complexity index is 428. The molecule has 0 heterocycles. The molecule has 0 unspecified atom stereocenters. The highest BCUT2D eigenvalue weighted by Crippen LogP contribution is 2.17. The van der Waals surface area contributed by atoms with Gasteiger partial charge in [0.15, 0.2) is 5.96 Å². The highest BCUT2D eigenvalue weighted by molar-refractivity contribution is 14.0. The average molecular weight is 421 g/mol. The smallest absolute Gasteiger partial charge is 0.188 e. The molecule has 1 aromatic rings. The van der Waals surface area contributed by atoms with Gasteiger partial charge in [-0.3, -0.25) is 4.99 Å². The van der Waals surface area contributed by atoms with Gasteiger partial charge in [0, 0.05) is 26.3 Å². The number of aliphatic imine (C=N–C) groups is 1. The minimum Gasteiger partial charge on any atom is -0.494 e. The molecule has 0 atom stereocenters. The first kappa shape index (κ1) is 21.0. The van der Waals surface area contributed by atoms with Crippen LogP contribution in [0.3, 0.4) is 0 Å². The van der Waals surface area contributed by atoms with Crippen LogP contribution in [0.25, 0.3) is 0 Å². The maximum absolute atomic E-state index is 5.82. The lowest BCUT2D eigenvalue weighted by Crippen LogP contribution is -2.33. The highest BCUT2D eigenvalue weighted by Gasteiger charge is 2.02. The zero-order valence-corrected chi connectivity index (χ0v) is 15.8. The molecule has 0 saturated heterocycles. The van der Waals surface area contributed by atoms with Crippen molar-refractivity contribution in [1.82, 2.24) is 5.32 Å². The number of hydrogen-bond acceptors (Lipinski definition) is 3. The molecule has 5 nitrogen and oxygen atoms in total.